The number of hydrogen-bond acceptors (Lipinski definition) is 4. The molecule has 0 saturated heterocycles. The van der Waals surface area contributed by atoms with Gasteiger partial charge in [-0.3, -0.25) is 0 Å². The largest absolute Gasteiger partial charge is 0.250 e. The molecule has 1 aliphatic rings. The average molecular weight is 366 g/mol. The molecule has 0 unspecified atom stereocenters. The van der Waals surface area contributed by atoms with Crippen molar-refractivity contribution >= 4 is 66.3 Å². The summed E-state index contributed by atoms with van der Waals surface area (Å²) in [4.78, 5) is 0. The Kier molecular flexibility index (Phi) is 4.84. The monoisotopic (exact) mass is 364 g/mol. The van der Waals surface area contributed by atoms with Gasteiger partial charge in [0.05, 0.1) is 33.3 Å². The molecular weight excluding hydrogens is 359 g/mol. The summed E-state index contributed by atoms with van der Waals surface area (Å²) in [5.41, 5.74) is -0.449. The minimum absolute atomic E-state index is 0.178. The number of nitrogens with zero attached hydrogens (tertiary/aromatic N) is 2. The summed E-state index contributed by atoms with van der Waals surface area (Å²) in [5, 5.41) is -0.719. The van der Waals surface area contributed by atoms with Crippen LogP contribution in [0.15, 0.2) is 30.0 Å². The maximum atomic E-state index is 11.1. The lowest BCUT2D eigenvalue weighted by molar-refractivity contribution is 0.602. The summed E-state index contributed by atoms with van der Waals surface area (Å²) in [5.74, 6) is 0. The van der Waals surface area contributed by atoms with Crippen LogP contribution in [0.1, 0.15) is 0 Å². The zero-order chi connectivity index (χ0) is 15.0. The molecule has 0 N–H and O–H groups in total. The van der Waals surface area contributed by atoms with Crippen LogP contribution in [0.5, 0.6) is 0 Å². The first-order chi connectivity index (χ1) is 8.41. The van der Waals surface area contributed by atoms with Crippen molar-refractivity contribution in [3.8, 4) is 0 Å². The lowest BCUT2D eigenvalue weighted by Crippen LogP contribution is -2.15. The molecule has 1 rings (SSSR count). The molecule has 0 aromatic carbocycles. The van der Waals surface area contributed by atoms with E-state index in [4.69, 9.17) is 34.8 Å². The average Bonchev–Trinajstić information content (AvgIpc) is 2.17. The van der Waals surface area contributed by atoms with Crippen LogP contribution in [0.3, 0.4) is 0 Å². The van der Waals surface area contributed by atoms with Crippen molar-refractivity contribution in [2.75, 3.05) is 12.5 Å². The van der Waals surface area contributed by atoms with Gasteiger partial charge in [-0.1, -0.05) is 34.8 Å². The number of sulfonamides is 2. The Morgan fingerprint density at radius 3 is 1.79 bits per heavy atom. The lowest BCUT2D eigenvalue weighted by atomic mass is 10.1. The topological polar surface area (TPSA) is 93.0 Å². The van der Waals surface area contributed by atoms with Gasteiger partial charge in [0.15, 0.2) is 0 Å². The lowest BCUT2D eigenvalue weighted by Gasteiger charge is -2.12. The second-order valence-electron chi connectivity index (χ2n) is 3.50. The Bertz CT molecular complexity index is 745. The zero-order valence-corrected chi connectivity index (χ0v) is 13.5. The minimum atomic E-state index is -3.74. The second kappa shape index (κ2) is 5.53. The summed E-state index contributed by atoms with van der Waals surface area (Å²) in [6.45, 7) is 0. The molecule has 0 bridgehead atoms. The molecule has 0 saturated carbocycles. The van der Waals surface area contributed by atoms with E-state index in [-0.39, 0.29) is 26.5 Å². The summed E-state index contributed by atoms with van der Waals surface area (Å²) < 4.78 is 50.9. The summed E-state index contributed by atoms with van der Waals surface area (Å²) in [6.07, 6.45) is 2.78. The maximum absolute atomic E-state index is 11.1. The summed E-state index contributed by atoms with van der Waals surface area (Å²) in [7, 11) is -7.45. The summed E-state index contributed by atoms with van der Waals surface area (Å²) in [6, 6.07) is 0. The molecule has 0 fully saturated rings. The van der Waals surface area contributed by atoms with E-state index in [1.807, 2.05) is 0 Å². The van der Waals surface area contributed by atoms with Crippen LogP contribution in [0.25, 0.3) is 0 Å². The van der Waals surface area contributed by atoms with Gasteiger partial charge in [-0.2, -0.15) is 8.80 Å². The van der Waals surface area contributed by atoms with Gasteiger partial charge in [0.1, 0.15) is 5.71 Å². The third kappa shape index (κ3) is 4.88. The van der Waals surface area contributed by atoms with Crippen LogP contribution in [0, 0.1) is 0 Å². The van der Waals surface area contributed by atoms with E-state index in [9.17, 15) is 16.8 Å². The molecule has 0 aliphatic heterocycles. The van der Waals surface area contributed by atoms with Crippen molar-refractivity contribution in [1.29, 1.82) is 0 Å². The van der Waals surface area contributed by atoms with Crippen LogP contribution in [-0.2, 0) is 20.0 Å². The third-order valence-corrected chi connectivity index (χ3v) is 3.81. The van der Waals surface area contributed by atoms with Gasteiger partial charge >= 0.3 is 0 Å². The van der Waals surface area contributed by atoms with Gasteiger partial charge in [-0.25, -0.2) is 16.8 Å². The van der Waals surface area contributed by atoms with E-state index in [0.29, 0.717) is 0 Å². The molecule has 19 heavy (non-hydrogen) atoms. The maximum Gasteiger partial charge on any atom is 0.250 e. The Balaban J connectivity index is 3.51. The first kappa shape index (κ1) is 16.6. The normalized spacial score (nSPS) is 22.1. The molecule has 0 heterocycles. The fraction of sp³-hybridized carbons (Fsp3) is 0.250. The van der Waals surface area contributed by atoms with Gasteiger partial charge in [-0.15, -0.1) is 0 Å². The third-order valence-electron chi connectivity index (χ3n) is 1.64. The smallest absolute Gasteiger partial charge is 0.205 e. The van der Waals surface area contributed by atoms with Crippen molar-refractivity contribution in [3.63, 3.8) is 0 Å². The summed E-state index contributed by atoms with van der Waals surface area (Å²) >= 11 is 17.4. The fourth-order valence-corrected chi connectivity index (χ4v) is 2.96. The molecule has 0 atom stereocenters. The minimum Gasteiger partial charge on any atom is -0.205 e. The highest BCUT2D eigenvalue weighted by Gasteiger charge is 2.24. The van der Waals surface area contributed by atoms with Crippen LogP contribution in [-0.4, -0.2) is 40.8 Å². The molecule has 1 aliphatic carbocycles. The Hall–Kier alpha value is -0.410. The fourth-order valence-electron chi connectivity index (χ4n) is 1.07. The van der Waals surface area contributed by atoms with Crippen LogP contribution < -0.4 is 0 Å². The van der Waals surface area contributed by atoms with Crippen molar-refractivity contribution in [3.05, 3.63) is 21.2 Å². The van der Waals surface area contributed by atoms with E-state index < -0.39 is 20.0 Å². The number of allylic oxidation sites excluding steroid dienone is 4. The van der Waals surface area contributed by atoms with Crippen molar-refractivity contribution in [2.24, 2.45) is 8.80 Å². The van der Waals surface area contributed by atoms with Gasteiger partial charge in [-0.05, 0) is 6.08 Å². The standard InChI is InChI=1S/C8H7Cl3N2O4S2/c1-18(14,15)12-5-3-4(9)8(7(11)6(5)10)13-19(2,16)17/h3H,1-2H3. The number of rotatable bonds is 2. The van der Waals surface area contributed by atoms with Gasteiger partial charge in [0.2, 0.25) is 0 Å². The Morgan fingerprint density at radius 2 is 1.37 bits per heavy atom. The van der Waals surface area contributed by atoms with Gasteiger partial charge in [0, 0.05) is 0 Å². The first-order valence-electron chi connectivity index (χ1n) is 4.44. The van der Waals surface area contributed by atoms with Crippen LogP contribution in [0.2, 0.25) is 0 Å². The zero-order valence-electron chi connectivity index (χ0n) is 9.56. The van der Waals surface area contributed by atoms with E-state index >= 15 is 0 Å². The van der Waals surface area contributed by atoms with Crippen LogP contribution >= 0.6 is 34.8 Å². The molecular formula is C8H7Cl3N2O4S2. The van der Waals surface area contributed by atoms with E-state index in [1.165, 1.54) is 0 Å². The molecule has 6 nitrogen and oxygen atoms in total. The highest BCUT2D eigenvalue weighted by atomic mass is 35.5. The quantitative estimate of drug-likeness (QED) is 0.695. The number of halogens is 3. The molecule has 11 heteroatoms. The SMILES string of the molecule is CS(=O)(=O)N=C1C=C(Cl)C(=NS(C)(=O)=O)C(Cl)=C1Cl. The highest BCUT2D eigenvalue weighted by Crippen LogP contribution is 2.29. The van der Waals surface area contributed by atoms with Crippen molar-refractivity contribution < 1.29 is 16.8 Å². The molecule has 0 amide bonds. The molecule has 0 aromatic rings. The molecule has 106 valence electrons. The van der Waals surface area contributed by atoms with Crippen molar-refractivity contribution in [1.82, 2.24) is 0 Å². The van der Waals surface area contributed by atoms with E-state index in [2.05, 4.69) is 8.80 Å². The highest BCUT2D eigenvalue weighted by molar-refractivity contribution is 7.89. The second-order valence-corrected chi connectivity index (χ2v) is 7.96. The van der Waals surface area contributed by atoms with Gasteiger partial charge < -0.3 is 0 Å². The van der Waals surface area contributed by atoms with Crippen molar-refractivity contribution in [2.45, 2.75) is 0 Å². The molecule has 0 aromatic heterocycles. The number of hydrogen-bond donors (Lipinski definition) is 0. The molecule has 0 spiro atoms. The van der Waals surface area contributed by atoms with Crippen LogP contribution in [0.4, 0.5) is 0 Å². The first-order valence-corrected chi connectivity index (χ1v) is 9.27. The Labute approximate surface area is 125 Å². The Morgan fingerprint density at radius 1 is 0.895 bits per heavy atom. The van der Waals surface area contributed by atoms with Gasteiger partial charge in [0.25, 0.3) is 20.0 Å². The predicted molar refractivity (Wildman–Crippen MR) is 77.2 cm³/mol. The van der Waals surface area contributed by atoms with E-state index in [0.717, 1.165) is 18.6 Å². The molecule has 0 radical (unpaired) electrons. The van der Waals surface area contributed by atoms with E-state index in [1.54, 1.807) is 0 Å². The predicted octanol–water partition coefficient (Wildman–Crippen LogP) is 1.61.